The van der Waals surface area contributed by atoms with Crippen molar-refractivity contribution in [1.29, 1.82) is 0 Å². The minimum Gasteiger partial charge on any atom is -0.468 e. The Labute approximate surface area is 128 Å². The zero-order valence-electron chi connectivity index (χ0n) is 13.0. The monoisotopic (exact) mass is 305 g/mol. The van der Waals surface area contributed by atoms with Crippen LogP contribution in [0.5, 0.6) is 0 Å². The van der Waals surface area contributed by atoms with Crippen molar-refractivity contribution in [3.63, 3.8) is 0 Å². The van der Waals surface area contributed by atoms with Crippen molar-refractivity contribution in [1.82, 2.24) is 14.9 Å². The maximum absolute atomic E-state index is 12.8. The number of fused-ring (bicyclic) bond motifs is 1. The quantitative estimate of drug-likeness (QED) is 0.734. The number of esters is 1. The van der Waals surface area contributed by atoms with Crippen molar-refractivity contribution in [2.45, 2.75) is 13.8 Å². The average molecular weight is 305 g/mol. The smallest absolute Gasteiger partial charge is 0.316 e. The molecule has 1 aromatic heterocycles. The lowest BCUT2D eigenvalue weighted by molar-refractivity contribution is -0.153. The summed E-state index contributed by atoms with van der Waals surface area (Å²) in [5.74, 6) is -0.453. The molecule has 0 bridgehead atoms. The first-order valence-electron chi connectivity index (χ1n) is 7.23. The second-order valence-corrected chi connectivity index (χ2v) is 5.96. The Morgan fingerprint density at radius 3 is 2.68 bits per heavy atom. The molecular formula is C15H19N3O4. The second-order valence-electron chi connectivity index (χ2n) is 5.96. The molecule has 0 aromatic carbocycles. The highest BCUT2D eigenvalue weighted by Gasteiger charge is 2.57. The molecule has 2 atom stereocenters. The van der Waals surface area contributed by atoms with Crippen LogP contribution in [-0.4, -0.2) is 60.2 Å². The van der Waals surface area contributed by atoms with E-state index < -0.39 is 5.41 Å². The number of nitrogens with zero attached hydrogens (tertiary/aromatic N) is 3. The standard InChI is InChI=1S/C15H19N3O4/c1-9-12(10(2)17-8-16-9)13(19)18-4-11-5-22-7-15(11,6-18)14(20)21-3/h8,11H,4-7H2,1-3H3/t11-,15-/m0/s1. The molecule has 118 valence electrons. The minimum atomic E-state index is -0.734. The van der Waals surface area contributed by atoms with Gasteiger partial charge in [-0.25, -0.2) is 9.97 Å². The first kappa shape index (κ1) is 14.9. The summed E-state index contributed by atoms with van der Waals surface area (Å²) in [7, 11) is 1.37. The Morgan fingerprint density at radius 2 is 2.05 bits per heavy atom. The SMILES string of the molecule is COC(=O)[C@@]12COC[C@@H]1CN(C(=O)c1c(C)ncnc1C)C2. The van der Waals surface area contributed by atoms with Crippen LogP contribution in [0.3, 0.4) is 0 Å². The van der Waals surface area contributed by atoms with Gasteiger partial charge < -0.3 is 14.4 Å². The van der Waals surface area contributed by atoms with E-state index in [-0.39, 0.29) is 17.8 Å². The molecule has 7 nitrogen and oxygen atoms in total. The molecule has 2 fully saturated rings. The predicted octanol–water partition coefficient (Wildman–Crippen LogP) is 0.355. The Balaban J connectivity index is 1.89. The van der Waals surface area contributed by atoms with Gasteiger partial charge in [-0.05, 0) is 13.8 Å². The summed E-state index contributed by atoms with van der Waals surface area (Å²) in [6.07, 6.45) is 1.45. The highest BCUT2D eigenvalue weighted by atomic mass is 16.5. The number of carbonyl (C=O) groups excluding carboxylic acids is 2. The first-order valence-corrected chi connectivity index (χ1v) is 7.23. The van der Waals surface area contributed by atoms with Crippen molar-refractivity contribution in [2.24, 2.45) is 11.3 Å². The van der Waals surface area contributed by atoms with E-state index in [9.17, 15) is 9.59 Å². The molecule has 0 spiro atoms. The summed E-state index contributed by atoms with van der Waals surface area (Å²) in [5, 5.41) is 0. The molecular weight excluding hydrogens is 286 g/mol. The van der Waals surface area contributed by atoms with Gasteiger partial charge in [0.25, 0.3) is 5.91 Å². The van der Waals surface area contributed by atoms with Gasteiger partial charge >= 0.3 is 5.97 Å². The fourth-order valence-electron chi connectivity index (χ4n) is 3.44. The van der Waals surface area contributed by atoms with E-state index in [0.717, 1.165) is 0 Å². The topological polar surface area (TPSA) is 81.6 Å². The molecule has 2 saturated heterocycles. The third kappa shape index (κ3) is 2.08. The summed E-state index contributed by atoms with van der Waals surface area (Å²) in [4.78, 5) is 34.9. The minimum absolute atomic E-state index is 0.0193. The van der Waals surface area contributed by atoms with Gasteiger partial charge in [0, 0.05) is 19.0 Å². The molecule has 0 saturated carbocycles. The Morgan fingerprint density at radius 1 is 1.36 bits per heavy atom. The van der Waals surface area contributed by atoms with Crippen molar-refractivity contribution in [2.75, 3.05) is 33.4 Å². The van der Waals surface area contributed by atoms with Crippen molar-refractivity contribution < 1.29 is 19.1 Å². The average Bonchev–Trinajstić information content (AvgIpc) is 3.03. The summed E-state index contributed by atoms with van der Waals surface area (Å²) < 4.78 is 10.4. The third-order valence-corrected chi connectivity index (χ3v) is 4.69. The van der Waals surface area contributed by atoms with Crippen LogP contribution in [-0.2, 0) is 14.3 Å². The van der Waals surface area contributed by atoms with E-state index in [1.54, 1.807) is 18.7 Å². The van der Waals surface area contributed by atoms with E-state index in [2.05, 4.69) is 9.97 Å². The molecule has 3 rings (SSSR count). The van der Waals surface area contributed by atoms with Gasteiger partial charge in [0.05, 0.1) is 37.3 Å². The van der Waals surface area contributed by atoms with Crippen LogP contribution in [0.25, 0.3) is 0 Å². The van der Waals surface area contributed by atoms with Crippen LogP contribution in [0.4, 0.5) is 0 Å². The maximum atomic E-state index is 12.8. The van der Waals surface area contributed by atoms with Crippen molar-refractivity contribution in [3.8, 4) is 0 Å². The number of hydrogen-bond acceptors (Lipinski definition) is 6. The lowest BCUT2D eigenvalue weighted by Gasteiger charge is -2.24. The Bertz CT molecular complexity index is 613. The van der Waals surface area contributed by atoms with Gasteiger partial charge in [-0.2, -0.15) is 0 Å². The third-order valence-electron chi connectivity index (χ3n) is 4.69. The fraction of sp³-hybridized carbons (Fsp3) is 0.600. The molecule has 1 amide bonds. The van der Waals surface area contributed by atoms with Crippen molar-refractivity contribution in [3.05, 3.63) is 23.3 Å². The molecule has 0 unspecified atom stereocenters. The molecule has 2 aliphatic rings. The number of aromatic nitrogens is 2. The lowest BCUT2D eigenvalue weighted by Crippen LogP contribution is -2.41. The van der Waals surface area contributed by atoms with E-state index in [1.165, 1.54) is 13.4 Å². The number of aryl methyl sites for hydroxylation is 2. The van der Waals surface area contributed by atoms with Crippen LogP contribution >= 0.6 is 0 Å². The van der Waals surface area contributed by atoms with Gasteiger partial charge in [-0.1, -0.05) is 0 Å². The number of rotatable bonds is 2. The van der Waals surface area contributed by atoms with Crippen LogP contribution in [0, 0.1) is 25.2 Å². The van der Waals surface area contributed by atoms with Crippen LogP contribution in [0.1, 0.15) is 21.7 Å². The number of hydrogen-bond donors (Lipinski definition) is 0. The Kier molecular flexibility index (Phi) is 3.60. The molecule has 7 heteroatoms. The summed E-state index contributed by atoms with van der Waals surface area (Å²) in [6.45, 7) is 5.16. The van der Waals surface area contributed by atoms with Gasteiger partial charge in [-0.3, -0.25) is 9.59 Å². The molecule has 0 radical (unpaired) electrons. The van der Waals surface area contributed by atoms with E-state index in [0.29, 0.717) is 43.3 Å². The predicted molar refractivity (Wildman–Crippen MR) is 76.2 cm³/mol. The van der Waals surface area contributed by atoms with E-state index in [4.69, 9.17) is 9.47 Å². The fourth-order valence-corrected chi connectivity index (χ4v) is 3.44. The largest absolute Gasteiger partial charge is 0.468 e. The van der Waals surface area contributed by atoms with Crippen molar-refractivity contribution >= 4 is 11.9 Å². The highest BCUT2D eigenvalue weighted by Crippen LogP contribution is 2.42. The number of carbonyl (C=O) groups is 2. The van der Waals surface area contributed by atoms with Gasteiger partial charge in [-0.15, -0.1) is 0 Å². The van der Waals surface area contributed by atoms with Crippen LogP contribution in [0.15, 0.2) is 6.33 Å². The summed E-state index contributed by atoms with van der Waals surface area (Å²) >= 11 is 0. The van der Waals surface area contributed by atoms with Gasteiger partial charge in [0.2, 0.25) is 0 Å². The van der Waals surface area contributed by atoms with Crippen LogP contribution in [0.2, 0.25) is 0 Å². The van der Waals surface area contributed by atoms with Gasteiger partial charge in [0.1, 0.15) is 11.7 Å². The number of ether oxygens (including phenoxy) is 2. The second kappa shape index (κ2) is 5.31. The Hall–Kier alpha value is -2.02. The summed E-state index contributed by atoms with van der Waals surface area (Å²) in [6, 6.07) is 0. The number of amides is 1. The molecule has 22 heavy (non-hydrogen) atoms. The van der Waals surface area contributed by atoms with Gasteiger partial charge in [0.15, 0.2) is 0 Å². The summed E-state index contributed by atoms with van der Waals surface area (Å²) in [5.41, 5.74) is 1.08. The van der Waals surface area contributed by atoms with E-state index in [1.807, 2.05) is 0 Å². The molecule has 2 aliphatic heterocycles. The molecule has 0 N–H and O–H groups in total. The normalized spacial score (nSPS) is 26.9. The lowest BCUT2D eigenvalue weighted by atomic mass is 9.81. The zero-order valence-corrected chi connectivity index (χ0v) is 13.0. The first-order chi connectivity index (χ1) is 10.5. The molecule has 3 heterocycles. The zero-order chi connectivity index (χ0) is 15.9. The molecule has 0 aliphatic carbocycles. The number of likely N-dealkylation sites (tertiary alicyclic amines) is 1. The highest BCUT2D eigenvalue weighted by molar-refractivity contribution is 5.97. The number of methoxy groups -OCH3 is 1. The van der Waals surface area contributed by atoms with Crippen LogP contribution < -0.4 is 0 Å². The van der Waals surface area contributed by atoms with E-state index >= 15 is 0 Å². The molecule has 1 aromatic rings. The maximum Gasteiger partial charge on any atom is 0.316 e.